The molecule has 6 heteroatoms. The van der Waals surface area contributed by atoms with Gasteiger partial charge in [0.2, 0.25) is 0 Å². The van der Waals surface area contributed by atoms with Gasteiger partial charge in [-0.3, -0.25) is 5.43 Å². The van der Waals surface area contributed by atoms with E-state index in [1.807, 2.05) is 48.5 Å². The topological polar surface area (TPSA) is 36.8 Å². The second kappa shape index (κ2) is 6.52. The number of thioether (sulfide) groups is 1. The highest BCUT2D eigenvalue weighted by Gasteiger charge is 2.13. The summed E-state index contributed by atoms with van der Waals surface area (Å²) in [6.07, 6.45) is 0. The van der Waals surface area contributed by atoms with Crippen molar-refractivity contribution in [2.75, 3.05) is 5.75 Å². The highest BCUT2D eigenvalue weighted by atomic mass is 35.5. The zero-order chi connectivity index (χ0) is 14.7. The average molecular weight is 336 g/mol. The minimum Gasteiger partial charge on any atom is -0.255 e. The summed E-state index contributed by atoms with van der Waals surface area (Å²) >= 11 is 13.7. The molecule has 1 heterocycles. The van der Waals surface area contributed by atoms with Gasteiger partial charge in [-0.2, -0.15) is 5.10 Å². The number of para-hydroxylation sites is 1. The van der Waals surface area contributed by atoms with E-state index in [0.29, 0.717) is 10.0 Å². The number of aliphatic imine (C=N–C) groups is 1. The molecule has 106 valence electrons. The molecule has 0 aliphatic carbocycles. The van der Waals surface area contributed by atoms with Crippen LogP contribution in [0.2, 0.25) is 10.0 Å². The first kappa shape index (κ1) is 14.4. The molecule has 3 rings (SSSR count). The van der Waals surface area contributed by atoms with Gasteiger partial charge in [0.1, 0.15) is 0 Å². The Labute approximate surface area is 137 Å². The number of nitrogens with one attached hydrogen (secondary N) is 1. The van der Waals surface area contributed by atoms with Gasteiger partial charge < -0.3 is 0 Å². The van der Waals surface area contributed by atoms with Crippen molar-refractivity contribution >= 4 is 51.5 Å². The molecule has 0 saturated carbocycles. The van der Waals surface area contributed by atoms with Crippen LogP contribution in [0, 0.1) is 0 Å². The Morgan fingerprint density at radius 1 is 1.10 bits per heavy atom. The second-order valence-electron chi connectivity index (χ2n) is 4.34. The van der Waals surface area contributed by atoms with Crippen LogP contribution < -0.4 is 5.43 Å². The smallest absolute Gasteiger partial charge is 0.182 e. The fraction of sp³-hybridized carbons (Fsp3) is 0.0667. The van der Waals surface area contributed by atoms with Gasteiger partial charge in [0.25, 0.3) is 0 Å². The lowest BCUT2D eigenvalue weighted by Crippen LogP contribution is -2.25. The monoisotopic (exact) mass is 335 g/mol. The molecule has 1 aliphatic rings. The lowest BCUT2D eigenvalue weighted by molar-refractivity contribution is 1.03. The Bertz CT molecular complexity index is 728. The van der Waals surface area contributed by atoms with E-state index < -0.39 is 0 Å². The number of hydrogen-bond donors (Lipinski definition) is 1. The maximum atomic E-state index is 6.09. The summed E-state index contributed by atoms with van der Waals surface area (Å²) in [5.41, 5.74) is 5.65. The van der Waals surface area contributed by atoms with E-state index in [9.17, 15) is 0 Å². The molecule has 0 atom stereocenters. The molecule has 21 heavy (non-hydrogen) atoms. The summed E-state index contributed by atoms with van der Waals surface area (Å²) in [6, 6.07) is 15.1. The third kappa shape index (κ3) is 3.59. The Morgan fingerprint density at radius 2 is 1.95 bits per heavy atom. The number of hydrazone groups is 1. The largest absolute Gasteiger partial charge is 0.255 e. The van der Waals surface area contributed by atoms with Crippen LogP contribution in [0.25, 0.3) is 0 Å². The highest BCUT2D eigenvalue weighted by Crippen LogP contribution is 2.26. The summed E-state index contributed by atoms with van der Waals surface area (Å²) in [5.74, 6) is 0.733. The maximum Gasteiger partial charge on any atom is 0.182 e. The Morgan fingerprint density at radius 3 is 2.67 bits per heavy atom. The van der Waals surface area contributed by atoms with Crippen molar-refractivity contribution in [1.29, 1.82) is 0 Å². The zero-order valence-corrected chi connectivity index (χ0v) is 13.2. The molecule has 3 nitrogen and oxygen atoms in total. The first-order valence-corrected chi connectivity index (χ1v) is 8.01. The predicted octanol–water partition coefficient (Wildman–Crippen LogP) is 4.72. The molecule has 0 unspecified atom stereocenters. The molecule has 0 saturated heterocycles. The molecule has 1 N–H and O–H groups in total. The minimum atomic E-state index is 0.622. The lowest BCUT2D eigenvalue weighted by Gasteiger charge is -2.15. The van der Waals surface area contributed by atoms with Crippen molar-refractivity contribution in [2.45, 2.75) is 0 Å². The Kier molecular flexibility index (Phi) is 4.48. The molecule has 0 spiro atoms. The molecule has 0 bridgehead atoms. The van der Waals surface area contributed by atoms with Crippen molar-refractivity contribution in [3.8, 4) is 0 Å². The van der Waals surface area contributed by atoms with Gasteiger partial charge in [-0.15, -0.1) is 0 Å². The molecular weight excluding hydrogens is 325 g/mol. The fourth-order valence-electron chi connectivity index (χ4n) is 1.84. The lowest BCUT2D eigenvalue weighted by atomic mass is 10.1. The number of amidine groups is 1. The standard InChI is InChI=1S/C15H11Cl2N3S/c16-11-5-3-4-10(8-11)14-9-21-15(20-19-14)18-13-7-2-1-6-12(13)17/h1-8H,9H2,(H,18,20). The van der Waals surface area contributed by atoms with E-state index >= 15 is 0 Å². The number of rotatable bonds is 2. The highest BCUT2D eigenvalue weighted by molar-refractivity contribution is 8.14. The van der Waals surface area contributed by atoms with Crippen molar-refractivity contribution in [3.05, 3.63) is 64.1 Å². The number of nitrogens with zero attached hydrogens (tertiary/aromatic N) is 2. The summed E-state index contributed by atoms with van der Waals surface area (Å²) in [7, 11) is 0. The van der Waals surface area contributed by atoms with Crippen molar-refractivity contribution in [3.63, 3.8) is 0 Å². The van der Waals surface area contributed by atoms with Gasteiger partial charge in [0.05, 0.1) is 16.4 Å². The molecule has 0 fully saturated rings. The van der Waals surface area contributed by atoms with E-state index in [-0.39, 0.29) is 0 Å². The van der Waals surface area contributed by atoms with Crippen LogP contribution in [-0.2, 0) is 0 Å². The number of halogens is 2. The third-order valence-corrected chi connectivity index (χ3v) is 4.29. The van der Waals surface area contributed by atoms with E-state index in [1.165, 1.54) is 0 Å². The summed E-state index contributed by atoms with van der Waals surface area (Å²) < 4.78 is 0. The summed E-state index contributed by atoms with van der Waals surface area (Å²) in [4.78, 5) is 4.47. The van der Waals surface area contributed by atoms with Gasteiger partial charge in [0, 0.05) is 16.3 Å². The van der Waals surface area contributed by atoms with E-state index in [4.69, 9.17) is 23.2 Å². The first-order valence-electron chi connectivity index (χ1n) is 6.27. The molecule has 1 aliphatic heterocycles. The second-order valence-corrected chi connectivity index (χ2v) is 6.15. The van der Waals surface area contributed by atoms with E-state index in [0.717, 1.165) is 27.9 Å². The van der Waals surface area contributed by atoms with Crippen LogP contribution in [0.5, 0.6) is 0 Å². The molecular formula is C15H11Cl2N3S. The number of benzene rings is 2. The normalized spacial score (nSPS) is 16.5. The Balaban J connectivity index is 1.79. The van der Waals surface area contributed by atoms with Gasteiger partial charge in [-0.1, -0.05) is 59.2 Å². The molecule has 0 aromatic heterocycles. The molecule has 2 aromatic rings. The van der Waals surface area contributed by atoms with E-state index in [2.05, 4.69) is 15.5 Å². The molecule has 2 aromatic carbocycles. The Hall–Kier alpha value is -1.49. The van der Waals surface area contributed by atoms with E-state index in [1.54, 1.807) is 11.8 Å². The van der Waals surface area contributed by atoms with Gasteiger partial charge in [0.15, 0.2) is 5.17 Å². The first-order chi connectivity index (χ1) is 10.2. The predicted molar refractivity (Wildman–Crippen MR) is 92.1 cm³/mol. The van der Waals surface area contributed by atoms with Crippen molar-refractivity contribution in [1.82, 2.24) is 5.43 Å². The SMILES string of the molecule is Clc1cccc(C2=NNC(=Nc3ccccc3Cl)SC2)c1. The average Bonchev–Trinajstić information content (AvgIpc) is 2.50. The molecule has 0 radical (unpaired) electrons. The summed E-state index contributed by atoms with van der Waals surface area (Å²) in [6.45, 7) is 0. The van der Waals surface area contributed by atoms with Crippen molar-refractivity contribution < 1.29 is 0 Å². The van der Waals surface area contributed by atoms with Crippen LogP contribution in [0.3, 0.4) is 0 Å². The van der Waals surface area contributed by atoms with Gasteiger partial charge in [-0.05, 0) is 24.3 Å². The van der Waals surface area contributed by atoms with Crippen molar-refractivity contribution in [2.24, 2.45) is 10.1 Å². The minimum absolute atomic E-state index is 0.622. The quantitative estimate of drug-likeness (QED) is 0.861. The van der Waals surface area contributed by atoms with Crippen LogP contribution in [0.1, 0.15) is 5.56 Å². The van der Waals surface area contributed by atoms with Gasteiger partial charge >= 0.3 is 0 Å². The summed E-state index contributed by atoms with van der Waals surface area (Å²) in [5, 5.41) is 6.42. The third-order valence-electron chi connectivity index (χ3n) is 2.86. The van der Waals surface area contributed by atoms with Gasteiger partial charge in [-0.25, -0.2) is 4.99 Å². The zero-order valence-electron chi connectivity index (χ0n) is 10.9. The molecule has 0 amide bonds. The van der Waals surface area contributed by atoms with Crippen LogP contribution >= 0.6 is 35.0 Å². The van der Waals surface area contributed by atoms with Crippen LogP contribution in [-0.4, -0.2) is 16.6 Å². The van der Waals surface area contributed by atoms with Crippen LogP contribution in [0.15, 0.2) is 58.6 Å². The van der Waals surface area contributed by atoms with Crippen LogP contribution in [0.4, 0.5) is 5.69 Å². The maximum absolute atomic E-state index is 6.09. The number of hydrogen-bond acceptors (Lipinski definition) is 3. The fourth-order valence-corrected chi connectivity index (χ4v) is 2.99.